The molecule has 0 aromatic heterocycles. The highest BCUT2D eigenvalue weighted by Gasteiger charge is 2.47. The summed E-state index contributed by atoms with van der Waals surface area (Å²) in [5.41, 5.74) is 0.668. The lowest BCUT2D eigenvalue weighted by Gasteiger charge is -2.23. The van der Waals surface area contributed by atoms with Crippen LogP contribution in [0.1, 0.15) is 37.8 Å². The summed E-state index contributed by atoms with van der Waals surface area (Å²) in [5, 5.41) is 2.88. The third-order valence-corrected chi connectivity index (χ3v) is 5.96. The van der Waals surface area contributed by atoms with Crippen LogP contribution >= 0.6 is 11.6 Å². The number of carbonyl (C=O) groups is 2. The minimum atomic E-state index is -1.19. The van der Waals surface area contributed by atoms with Gasteiger partial charge in [-0.25, -0.2) is 4.79 Å². The van der Waals surface area contributed by atoms with Crippen LogP contribution in [-0.2, 0) is 22.4 Å². The van der Waals surface area contributed by atoms with E-state index in [9.17, 15) is 9.59 Å². The molecule has 176 valence electrons. The summed E-state index contributed by atoms with van der Waals surface area (Å²) in [6.07, 6.45) is 1.71. The van der Waals surface area contributed by atoms with E-state index in [-0.39, 0.29) is 6.42 Å². The summed E-state index contributed by atoms with van der Waals surface area (Å²) in [6.45, 7) is 3.93. The van der Waals surface area contributed by atoms with E-state index in [0.717, 1.165) is 29.7 Å². The van der Waals surface area contributed by atoms with Gasteiger partial charge in [0.15, 0.2) is 5.60 Å². The van der Waals surface area contributed by atoms with E-state index in [1.54, 1.807) is 12.1 Å². The van der Waals surface area contributed by atoms with Crippen LogP contribution in [0.2, 0.25) is 5.02 Å². The van der Waals surface area contributed by atoms with Crippen LogP contribution in [0.4, 0.5) is 4.79 Å². The van der Waals surface area contributed by atoms with Gasteiger partial charge in [-0.05, 0) is 78.6 Å². The van der Waals surface area contributed by atoms with Gasteiger partial charge in [0, 0.05) is 11.4 Å². The quantitative estimate of drug-likeness (QED) is 0.364. The molecule has 1 N–H and O–H groups in total. The fourth-order valence-electron chi connectivity index (χ4n) is 3.93. The first kappa shape index (κ1) is 23.6. The summed E-state index contributed by atoms with van der Waals surface area (Å²) in [6, 6.07) is 20.4. The van der Waals surface area contributed by atoms with Crippen molar-refractivity contribution in [1.82, 2.24) is 5.32 Å². The van der Waals surface area contributed by atoms with Crippen LogP contribution < -0.4 is 14.8 Å². The highest BCUT2D eigenvalue weighted by atomic mass is 35.5. The third kappa shape index (κ3) is 5.34. The molecule has 0 spiro atoms. The first-order valence-electron chi connectivity index (χ1n) is 11.3. The molecular formula is C27H26ClNO5. The molecule has 3 aromatic rings. The largest absolute Gasteiger partial charge is 0.457 e. The van der Waals surface area contributed by atoms with Crippen molar-refractivity contribution in [3.63, 3.8) is 0 Å². The SMILES string of the molecule is CCCc1cc(Oc2ccc(Cl)cc2)ccc1Oc1cccc(C[C@@]2(CC)OC(=O)NC2=O)c1. The van der Waals surface area contributed by atoms with E-state index in [1.165, 1.54) is 0 Å². The van der Waals surface area contributed by atoms with E-state index in [4.69, 9.17) is 25.8 Å². The zero-order valence-electron chi connectivity index (χ0n) is 19.1. The number of hydrogen-bond donors (Lipinski definition) is 1. The van der Waals surface area contributed by atoms with Gasteiger partial charge in [0.05, 0.1) is 0 Å². The Morgan fingerprint density at radius 2 is 1.65 bits per heavy atom. The van der Waals surface area contributed by atoms with Crippen molar-refractivity contribution in [2.45, 2.75) is 45.1 Å². The molecule has 0 bridgehead atoms. The van der Waals surface area contributed by atoms with Gasteiger partial charge in [-0.1, -0.05) is 44.0 Å². The maximum absolute atomic E-state index is 12.3. The molecule has 2 amide bonds. The van der Waals surface area contributed by atoms with Crippen molar-refractivity contribution >= 4 is 23.6 Å². The van der Waals surface area contributed by atoms with E-state index in [0.29, 0.717) is 28.7 Å². The van der Waals surface area contributed by atoms with Gasteiger partial charge in [-0.2, -0.15) is 0 Å². The number of hydrogen-bond acceptors (Lipinski definition) is 5. The molecule has 1 fully saturated rings. The lowest BCUT2D eigenvalue weighted by Crippen LogP contribution is -2.40. The Balaban J connectivity index is 1.53. The zero-order valence-corrected chi connectivity index (χ0v) is 19.9. The van der Waals surface area contributed by atoms with Crippen molar-refractivity contribution in [1.29, 1.82) is 0 Å². The normalized spacial score (nSPS) is 17.3. The van der Waals surface area contributed by atoms with Crippen LogP contribution in [-0.4, -0.2) is 17.6 Å². The van der Waals surface area contributed by atoms with E-state index < -0.39 is 17.6 Å². The molecule has 4 rings (SSSR count). The Morgan fingerprint density at radius 1 is 0.912 bits per heavy atom. The number of rotatable bonds is 9. The number of benzene rings is 3. The van der Waals surface area contributed by atoms with Gasteiger partial charge in [0.2, 0.25) is 0 Å². The average molecular weight is 480 g/mol. The van der Waals surface area contributed by atoms with Gasteiger partial charge >= 0.3 is 6.09 Å². The first-order chi connectivity index (χ1) is 16.4. The number of alkyl carbamates (subject to hydrolysis) is 1. The van der Waals surface area contributed by atoms with E-state index in [2.05, 4.69) is 12.2 Å². The second-order valence-electron chi connectivity index (χ2n) is 8.19. The number of imide groups is 1. The highest BCUT2D eigenvalue weighted by Crippen LogP contribution is 2.33. The maximum Gasteiger partial charge on any atom is 0.415 e. The van der Waals surface area contributed by atoms with Crippen molar-refractivity contribution in [3.8, 4) is 23.0 Å². The Bertz CT molecular complexity index is 1190. The minimum absolute atomic E-state index is 0.272. The van der Waals surface area contributed by atoms with Crippen LogP contribution in [0.5, 0.6) is 23.0 Å². The number of halogens is 1. The maximum atomic E-state index is 12.3. The molecule has 34 heavy (non-hydrogen) atoms. The highest BCUT2D eigenvalue weighted by molar-refractivity contribution is 6.30. The van der Waals surface area contributed by atoms with Gasteiger partial charge in [-0.15, -0.1) is 0 Å². The van der Waals surface area contributed by atoms with Crippen molar-refractivity contribution in [2.24, 2.45) is 0 Å². The molecule has 0 saturated carbocycles. The average Bonchev–Trinajstić information content (AvgIpc) is 3.10. The minimum Gasteiger partial charge on any atom is -0.457 e. The Hall–Kier alpha value is -3.51. The molecule has 3 aromatic carbocycles. The topological polar surface area (TPSA) is 73.9 Å². The number of amides is 2. The predicted molar refractivity (Wildman–Crippen MR) is 130 cm³/mol. The lowest BCUT2D eigenvalue weighted by atomic mass is 9.91. The zero-order chi connectivity index (χ0) is 24.1. The standard InChI is InChI=1S/C27H26ClNO5/c1-3-6-19-16-23(32-21-11-9-20(28)10-12-21)13-14-24(19)33-22-8-5-7-18(15-22)17-27(4-2)25(30)29-26(31)34-27/h5,7-16H,3-4,6,17H2,1-2H3,(H,29,30,31)/t27-/m1/s1. The summed E-state index contributed by atoms with van der Waals surface area (Å²) >= 11 is 5.95. The van der Waals surface area contributed by atoms with Crippen LogP contribution in [0.3, 0.4) is 0 Å². The van der Waals surface area contributed by atoms with Crippen molar-refractivity contribution in [2.75, 3.05) is 0 Å². The molecule has 1 saturated heterocycles. The molecule has 1 atom stereocenters. The summed E-state index contributed by atoms with van der Waals surface area (Å²) < 4.78 is 17.5. The fraction of sp³-hybridized carbons (Fsp3) is 0.259. The molecule has 0 radical (unpaired) electrons. The van der Waals surface area contributed by atoms with E-state index in [1.807, 2.05) is 61.5 Å². The smallest absolute Gasteiger partial charge is 0.415 e. The molecule has 6 nitrogen and oxygen atoms in total. The lowest BCUT2D eigenvalue weighted by molar-refractivity contribution is -0.131. The number of nitrogens with one attached hydrogen (secondary N) is 1. The molecule has 0 aliphatic carbocycles. The third-order valence-electron chi connectivity index (χ3n) is 5.71. The van der Waals surface area contributed by atoms with Crippen LogP contribution in [0, 0.1) is 0 Å². The van der Waals surface area contributed by atoms with Gasteiger partial charge < -0.3 is 14.2 Å². The van der Waals surface area contributed by atoms with Crippen molar-refractivity contribution < 1.29 is 23.8 Å². The monoisotopic (exact) mass is 479 g/mol. The second-order valence-corrected chi connectivity index (χ2v) is 8.63. The van der Waals surface area contributed by atoms with Crippen molar-refractivity contribution in [3.05, 3.63) is 82.9 Å². The molecule has 0 unspecified atom stereocenters. The number of carbonyl (C=O) groups excluding carboxylic acids is 2. The molecule has 1 heterocycles. The van der Waals surface area contributed by atoms with Gasteiger partial charge in [0.1, 0.15) is 23.0 Å². The fourth-order valence-corrected chi connectivity index (χ4v) is 4.05. The number of aryl methyl sites for hydroxylation is 1. The first-order valence-corrected chi connectivity index (χ1v) is 11.7. The summed E-state index contributed by atoms with van der Waals surface area (Å²) in [5.74, 6) is 2.38. The molecule has 1 aliphatic rings. The Morgan fingerprint density at radius 3 is 2.32 bits per heavy atom. The number of cyclic esters (lactones) is 1. The second kappa shape index (κ2) is 10.2. The molecule has 7 heteroatoms. The van der Waals surface area contributed by atoms with Crippen LogP contribution in [0.25, 0.3) is 0 Å². The Kier molecular flexibility index (Phi) is 7.08. The van der Waals surface area contributed by atoms with E-state index >= 15 is 0 Å². The summed E-state index contributed by atoms with van der Waals surface area (Å²) in [7, 11) is 0. The predicted octanol–water partition coefficient (Wildman–Crippen LogP) is 6.83. The van der Waals surface area contributed by atoms with Gasteiger partial charge in [0.25, 0.3) is 5.91 Å². The van der Waals surface area contributed by atoms with Crippen LogP contribution in [0.15, 0.2) is 66.7 Å². The Labute approximate surface area is 203 Å². The van der Waals surface area contributed by atoms with Gasteiger partial charge in [-0.3, -0.25) is 10.1 Å². The summed E-state index contributed by atoms with van der Waals surface area (Å²) in [4.78, 5) is 23.9. The molecular weight excluding hydrogens is 454 g/mol. The number of ether oxygens (including phenoxy) is 3. The molecule has 1 aliphatic heterocycles.